The molecule has 1 aliphatic rings. The van der Waals surface area contributed by atoms with Crippen molar-refractivity contribution in [2.75, 3.05) is 5.32 Å². The first-order valence-corrected chi connectivity index (χ1v) is 11.1. The van der Waals surface area contributed by atoms with Gasteiger partial charge in [0.1, 0.15) is 17.0 Å². The monoisotopic (exact) mass is 449 g/mol. The predicted molar refractivity (Wildman–Crippen MR) is 103 cm³/mol. The molecule has 164 valence electrons. The molecule has 0 unspecified atom stereocenters. The number of rotatable bonds is 6. The van der Waals surface area contributed by atoms with Crippen LogP contribution in [0.4, 0.5) is 25.2 Å². The fourth-order valence-electron chi connectivity index (χ4n) is 3.25. The Morgan fingerprint density at radius 1 is 1.13 bits per heavy atom. The van der Waals surface area contributed by atoms with E-state index in [1.165, 1.54) is 24.7 Å². The van der Waals surface area contributed by atoms with Gasteiger partial charge in [-0.2, -0.15) is 14.6 Å². The summed E-state index contributed by atoms with van der Waals surface area (Å²) in [7, 11) is -9.78. The van der Waals surface area contributed by atoms with Crippen molar-refractivity contribution in [3.63, 3.8) is 0 Å². The Kier molecular flexibility index (Phi) is 4.03. The molecular formula is C18H20F5N5OS. The molecule has 0 aliphatic heterocycles. The summed E-state index contributed by atoms with van der Waals surface area (Å²) in [5, 5.41) is 17.8. The van der Waals surface area contributed by atoms with Crippen LogP contribution in [0.2, 0.25) is 0 Å². The summed E-state index contributed by atoms with van der Waals surface area (Å²) in [5.41, 5.74) is -0.457. The van der Waals surface area contributed by atoms with Gasteiger partial charge in [0.15, 0.2) is 0 Å². The number of halogens is 5. The van der Waals surface area contributed by atoms with Crippen LogP contribution in [-0.4, -0.2) is 30.3 Å². The minimum atomic E-state index is -9.78. The number of fused-ring (bicyclic) bond motifs is 1. The van der Waals surface area contributed by atoms with Gasteiger partial charge in [0.25, 0.3) is 5.78 Å². The molecule has 2 aromatic heterocycles. The lowest BCUT2D eigenvalue weighted by Crippen LogP contribution is -2.35. The molecule has 4 rings (SSSR count). The summed E-state index contributed by atoms with van der Waals surface area (Å²) in [6.45, 7) is 2.93. The fourth-order valence-corrected chi connectivity index (χ4v) is 3.91. The lowest BCUT2D eigenvalue weighted by Gasteiger charge is -2.40. The first-order chi connectivity index (χ1) is 13.6. The molecule has 6 nitrogen and oxygen atoms in total. The zero-order valence-electron chi connectivity index (χ0n) is 16.1. The number of nitrogens with one attached hydrogen (secondary N) is 1. The van der Waals surface area contributed by atoms with Gasteiger partial charge in [0.2, 0.25) is 0 Å². The van der Waals surface area contributed by atoms with E-state index in [1.54, 1.807) is 6.07 Å². The number of aliphatic hydroxyl groups is 1. The molecule has 12 heteroatoms. The lowest BCUT2D eigenvalue weighted by molar-refractivity contribution is 0.0587. The molecule has 1 fully saturated rings. The number of anilines is 1. The molecule has 0 spiro atoms. The second kappa shape index (κ2) is 5.82. The highest BCUT2D eigenvalue weighted by Crippen LogP contribution is 3.02. The smallest absolute Gasteiger partial charge is 0.310 e. The van der Waals surface area contributed by atoms with E-state index in [4.69, 9.17) is 0 Å². The van der Waals surface area contributed by atoms with Crippen molar-refractivity contribution in [2.24, 2.45) is 0 Å². The highest BCUT2D eigenvalue weighted by molar-refractivity contribution is 8.45. The van der Waals surface area contributed by atoms with Gasteiger partial charge in [-0.1, -0.05) is 31.6 Å². The number of hydrogen-bond acceptors (Lipinski definition) is 5. The maximum Gasteiger partial charge on any atom is 0.310 e. The summed E-state index contributed by atoms with van der Waals surface area (Å²) < 4.78 is 66.6. The largest absolute Gasteiger partial charge is 0.388 e. The second-order valence-electron chi connectivity index (χ2n) is 8.08. The normalized spacial score (nSPS) is 18.7. The van der Waals surface area contributed by atoms with Crippen LogP contribution in [-0.2, 0) is 0 Å². The molecule has 3 aromatic rings. The predicted octanol–water partition coefficient (Wildman–Crippen LogP) is 5.58. The molecule has 1 saturated carbocycles. The van der Waals surface area contributed by atoms with E-state index in [-0.39, 0.29) is 5.56 Å². The molecule has 0 amide bonds. The molecule has 2 N–H and O–H groups in total. The average Bonchev–Trinajstić information content (AvgIpc) is 3.34. The van der Waals surface area contributed by atoms with Gasteiger partial charge in [-0.25, -0.2) is 4.98 Å². The lowest BCUT2D eigenvalue weighted by atomic mass is 9.92. The van der Waals surface area contributed by atoms with E-state index in [1.807, 2.05) is 0 Å². The molecule has 30 heavy (non-hydrogen) atoms. The summed E-state index contributed by atoms with van der Waals surface area (Å²) in [4.78, 5) is 6.54. The van der Waals surface area contributed by atoms with Crippen molar-refractivity contribution in [2.45, 2.75) is 49.1 Å². The Bertz CT molecular complexity index is 1110. The highest BCUT2D eigenvalue weighted by Gasteiger charge is 2.65. The minimum Gasteiger partial charge on any atom is -0.388 e. The molecular weight excluding hydrogens is 429 g/mol. The third kappa shape index (κ3) is 4.19. The summed E-state index contributed by atoms with van der Waals surface area (Å²) in [5.74, 6) is 1.07. The Morgan fingerprint density at radius 3 is 2.30 bits per heavy atom. The standard InChI is InChI=1S/C18H20F5N5OS/c1-18(2,29)16(12-5-7-13(8-6-12)30(19,20,21,22)23)27-15-9-14(11-3-4-11)26-17-24-10-25-28(15)17/h5-11,16,27,29H,3-4H2,1-2H3/t16-/m0/s1. The zero-order chi connectivity index (χ0) is 22.0. The van der Waals surface area contributed by atoms with Gasteiger partial charge in [0, 0.05) is 12.0 Å². The van der Waals surface area contributed by atoms with Gasteiger partial charge < -0.3 is 10.4 Å². The van der Waals surface area contributed by atoms with Crippen LogP contribution in [0.1, 0.15) is 49.9 Å². The molecule has 2 heterocycles. The number of hydrogen-bond donors (Lipinski definition) is 2. The van der Waals surface area contributed by atoms with Crippen LogP contribution < -0.4 is 5.32 Å². The molecule has 0 saturated heterocycles. The molecule has 1 aliphatic carbocycles. The van der Waals surface area contributed by atoms with Crippen LogP contribution in [0.3, 0.4) is 0 Å². The molecule has 0 radical (unpaired) electrons. The van der Waals surface area contributed by atoms with E-state index in [0.717, 1.165) is 30.7 Å². The van der Waals surface area contributed by atoms with E-state index in [2.05, 4.69) is 20.4 Å². The number of aromatic nitrogens is 4. The number of benzene rings is 1. The van der Waals surface area contributed by atoms with Crippen LogP contribution >= 0.6 is 10.2 Å². The Labute approximate surface area is 168 Å². The van der Waals surface area contributed by atoms with Gasteiger partial charge in [-0.3, -0.25) is 0 Å². The second-order valence-corrected chi connectivity index (χ2v) is 10.5. The zero-order valence-corrected chi connectivity index (χ0v) is 16.9. The quantitative estimate of drug-likeness (QED) is 0.481. The SMILES string of the molecule is CC(C)(O)[C@@H](Nc1cc(C2CC2)nc2ncnn12)c1ccc(S(F)(F)(F)(F)F)cc1. The topological polar surface area (TPSA) is 75.3 Å². The summed E-state index contributed by atoms with van der Waals surface area (Å²) in [6.07, 6.45) is 3.29. The van der Waals surface area contributed by atoms with Crippen molar-refractivity contribution in [1.82, 2.24) is 19.6 Å². The molecule has 1 atom stereocenters. The summed E-state index contributed by atoms with van der Waals surface area (Å²) in [6, 6.07) is 3.37. The summed E-state index contributed by atoms with van der Waals surface area (Å²) >= 11 is 0. The first kappa shape index (κ1) is 20.8. The van der Waals surface area contributed by atoms with Crippen molar-refractivity contribution >= 4 is 21.8 Å². The van der Waals surface area contributed by atoms with Crippen molar-refractivity contribution in [3.8, 4) is 0 Å². The fraction of sp³-hybridized carbons (Fsp3) is 0.389. The Hall–Kier alpha value is -2.47. The van der Waals surface area contributed by atoms with Crippen LogP contribution in [0, 0.1) is 0 Å². The van der Waals surface area contributed by atoms with Gasteiger partial charge in [-0.15, -0.1) is 0 Å². The average molecular weight is 449 g/mol. The van der Waals surface area contributed by atoms with Crippen molar-refractivity contribution in [3.05, 3.63) is 47.9 Å². The highest BCUT2D eigenvalue weighted by atomic mass is 32.5. The van der Waals surface area contributed by atoms with E-state index in [0.29, 0.717) is 29.6 Å². The number of nitrogens with zero attached hydrogens (tertiary/aromatic N) is 4. The third-order valence-corrected chi connectivity index (χ3v) is 6.09. The maximum atomic E-state index is 13.0. The minimum absolute atomic E-state index is 0.200. The van der Waals surface area contributed by atoms with Gasteiger partial charge >= 0.3 is 10.2 Å². The van der Waals surface area contributed by atoms with Crippen molar-refractivity contribution in [1.29, 1.82) is 0 Å². The van der Waals surface area contributed by atoms with E-state index in [9.17, 15) is 24.5 Å². The van der Waals surface area contributed by atoms with Gasteiger partial charge in [0.05, 0.1) is 17.3 Å². The molecule has 0 bridgehead atoms. The van der Waals surface area contributed by atoms with Crippen LogP contribution in [0.5, 0.6) is 0 Å². The third-order valence-electron chi connectivity index (χ3n) is 4.92. The Morgan fingerprint density at radius 2 is 1.77 bits per heavy atom. The van der Waals surface area contributed by atoms with E-state index < -0.39 is 26.8 Å². The van der Waals surface area contributed by atoms with E-state index >= 15 is 0 Å². The van der Waals surface area contributed by atoms with Gasteiger partial charge in [-0.05, 0) is 44.4 Å². The maximum absolute atomic E-state index is 13.0. The van der Waals surface area contributed by atoms with Crippen LogP contribution in [0.15, 0.2) is 41.6 Å². The molecule has 1 aromatic carbocycles. The van der Waals surface area contributed by atoms with Crippen LogP contribution in [0.25, 0.3) is 5.78 Å². The first-order valence-electron chi connectivity index (χ1n) is 9.15. The van der Waals surface area contributed by atoms with Crippen molar-refractivity contribution < 1.29 is 24.5 Å². The Balaban J connectivity index is 1.74.